The largest absolute Gasteiger partial charge is 0.472 e. The molecule has 4 saturated heterocycles. The third kappa shape index (κ3) is 4.86. The smallest absolute Gasteiger partial charge is 0.418 e. The fraction of sp³-hybridized carbons (Fsp3) is 0.636. The number of alkyl halides is 3. The molecule has 1 spiro atoms. The predicted octanol–water partition coefficient (Wildman–Crippen LogP) is 4.25. The monoisotopic (exact) mass is 670 g/mol. The van der Waals surface area contributed by atoms with Gasteiger partial charge in [-0.25, -0.2) is 14.4 Å². The molecular formula is C33H38F4N8O3. The van der Waals surface area contributed by atoms with Gasteiger partial charge in [-0.3, -0.25) is 4.90 Å². The van der Waals surface area contributed by atoms with Crippen molar-refractivity contribution in [3.8, 4) is 23.1 Å². The van der Waals surface area contributed by atoms with Gasteiger partial charge in [0.2, 0.25) is 5.88 Å². The maximum atomic E-state index is 16.8. The summed E-state index contributed by atoms with van der Waals surface area (Å²) in [7, 11) is 0. The van der Waals surface area contributed by atoms with E-state index < -0.39 is 34.9 Å². The van der Waals surface area contributed by atoms with Crippen molar-refractivity contribution in [3.05, 3.63) is 23.1 Å². The molecule has 1 aliphatic carbocycles. The summed E-state index contributed by atoms with van der Waals surface area (Å²) in [5.41, 5.74) is 3.04. The van der Waals surface area contributed by atoms with E-state index >= 15 is 4.39 Å². The third-order valence-electron chi connectivity index (χ3n) is 11.2. The van der Waals surface area contributed by atoms with Crippen LogP contribution in [-0.2, 0) is 10.9 Å². The molecule has 0 radical (unpaired) electrons. The Balaban J connectivity index is 1.13. The molecule has 11 nitrogen and oxygen atoms in total. The minimum absolute atomic E-state index is 0.00298. The summed E-state index contributed by atoms with van der Waals surface area (Å²) >= 11 is 0. The molecule has 3 N–H and O–H groups in total. The molecule has 3 aromatic rings. The predicted molar refractivity (Wildman–Crippen MR) is 167 cm³/mol. The lowest BCUT2D eigenvalue weighted by molar-refractivity contribution is -0.137. The summed E-state index contributed by atoms with van der Waals surface area (Å²) in [4.78, 5) is 22.2. The fourth-order valence-electron chi connectivity index (χ4n) is 8.88. The van der Waals surface area contributed by atoms with Gasteiger partial charge >= 0.3 is 12.2 Å². The van der Waals surface area contributed by atoms with Gasteiger partial charge in [-0.05, 0) is 58.4 Å². The summed E-state index contributed by atoms with van der Waals surface area (Å²) in [6.07, 6.45) is 0.789. The highest BCUT2D eigenvalue weighted by molar-refractivity contribution is 5.97. The first-order chi connectivity index (χ1) is 22.9. The molecule has 2 bridgehead atoms. The first kappa shape index (κ1) is 30.5. The van der Waals surface area contributed by atoms with Gasteiger partial charge in [-0.1, -0.05) is 0 Å². The molecule has 256 valence electrons. The van der Waals surface area contributed by atoms with Gasteiger partial charge in [-0.2, -0.15) is 23.1 Å². The van der Waals surface area contributed by atoms with E-state index in [1.54, 1.807) is 0 Å². The number of piperazine rings is 1. The Morgan fingerprint density at radius 3 is 2.67 bits per heavy atom. The summed E-state index contributed by atoms with van der Waals surface area (Å²) < 4.78 is 78.7. The van der Waals surface area contributed by atoms with Crippen LogP contribution < -0.4 is 25.4 Å². The van der Waals surface area contributed by atoms with E-state index in [1.165, 1.54) is 6.92 Å². The number of aromatic nitrogens is 4. The number of anilines is 2. The molecule has 0 amide bonds. The van der Waals surface area contributed by atoms with Crippen LogP contribution in [0.15, 0.2) is 6.07 Å². The molecule has 1 saturated carbocycles. The molecule has 0 aromatic carbocycles. The van der Waals surface area contributed by atoms with Crippen LogP contribution in [0.3, 0.4) is 0 Å². The normalized spacial score (nSPS) is 28.2. The number of hydrogen-bond donors (Lipinski definition) is 2. The van der Waals surface area contributed by atoms with Crippen LogP contribution in [0.4, 0.5) is 29.2 Å². The number of rotatable bonds is 6. The average Bonchev–Trinajstić information content (AvgIpc) is 3.45. The second-order valence-corrected chi connectivity index (χ2v) is 14.8. The summed E-state index contributed by atoms with van der Waals surface area (Å²) in [5, 5.41) is 3.87. The van der Waals surface area contributed by atoms with Gasteiger partial charge in [-0.15, -0.1) is 0 Å². The summed E-state index contributed by atoms with van der Waals surface area (Å²) in [5.74, 6) is -0.827. The highest BCUT2D eigenvalue weighted by Gasteiger charge is 2.53. The highest BCUT2D eigenvalue weighted by atomic mass is 19.4. The average molecular weight is 671 g/mol. The van der Waals surface area contributed by atoms with Crippen LogP contribution in [0.25, 0.3) is 22.2 Å². The van der Waals surface area contributed by atoms with E-state index in [4.69, 9.17) is 24.9 Å². The van der Waals surface area contributed by atoms with Gasteiger partial charge in [0, 0.05) is 55.8 Å². The fourth-order valence-corrected chi connectivity index (χ4v) is 8.88. The van der Waals surface area contributed by atoms with Crippen LogP contribution in [0.1, 0.15) is 56.7 Å². The topological polar surface area (TPSA) is 124 Å². The molecule has 5 aliphatic heterocycles. The molecule has 9 rings (SSSR count). The Bertz CT molecular complexity index is 1810. The number of pyridine rings is 2. The van der Waals surface area contributed by atoms with Crippen LogP contribution in [0.5, 0.6) is 11.9 Å². The number of fused-ring (bicyclic) bond motifs is 5. The molecule has 8 heterocycles. The zero-order chi connectivity index (χ0) is 33.2. The number of nitrogens with one attached hydrogen (secondary N) is 1. The molecule has 4 atom stereocenters. The lowest BCUT2D eigenvalue weighted by Gasteiger charge is -2.48. The molecule has 3 aromatic heterocycles. The van der Waals surface area contributed by atoms with Crippen molar-refractivity contribution in [2.24, 2.45) is 5.41 Å². The van der Waals surface area contributed by atoms with Crippen LogP contribution in [0, 0.1) is 18.2 Å². The van der Waals surface area contributed by atoms with E-state index in [1.807, 2.05) is 6.92 Å². The number of nitrogen functional groups attached to an aromatic ring is 1. The van der Waals surface area contributed by atoms with E-state index in [9.17, 15) is 13.2 Å². The lowest BCUT2D eigenvalue weighted by atomic mass is 9.89. The van der Waals surface area contributed by atoms with E-state index in [0.29, 0.717) is 19.0 Å². The first-order valence-electron chi connectivity index (χ1n) is 16.9. The van der Waals surface area contributed by atoms with Crippen LogP contribution in [-0.4, -0.2) is 94.1 Å². The Morgan fingerprint density at radius 1 is 1.12 bits per heavy atom. The molecule has 6 aliphatic rings. The number of nitrogens with two attached hydrogens (primary N) is 1. The van der Waals surface area contributed by atoms with Gasteiger partial charge in [0.05, 0.1) is 29.5 Å². The summed E-state index contributed by atoms with van der Waals surface area (Å²) in [6.45, 7) is 7.55. The van der Waals surface area contributed by atoms with Gasteiger partial charge in [0.15, 0.2) is 5.82 Å². The number of halogens is 4. The molecule has 15 heteroatoms. The van der Waals surface area contributed by atoms with Crippen molar-refractivity contribution in [1.82, 2.24) is 30.2 Å². The number of nitrogens with zero attached hydrogens (tertiary/aromatic N) is 6. The van der Waals surface area contributed by atoms with Crippen molar-refractivity contribution >= 4 is 22.5 Å². The van der Waals surface area contributed by atoms with Crippen LogP contribution in [0.2, 0.25) is 0 Å². The Morgan fingerprint density at radius 2 is 1.94 bits per heavy atom. The van der Waals surface area contributed by atoms with Gasteiger partial charge in [0.1, 0.15) is 34.3 Å². The van der Waals surface area contributed by atoms with E-state index in [-0.39, 0.29) is 63.4 Å². The maximum Gasteiger partial charge on any atom is 0.418 e. The van der Waals surface area contributed by atoms with Crippen LogP contribution >= 0.6 is 0 Å². The number of likely N-dealkylation sites (tertiary alicyclic amines) is 1. The molecule has 0 unspecified atom stereocenters. The molecule has 48 heavy (non-hydrogen) atoms. The number of hydrogen-bond acceptors (Lipinski definition) is 11. The second kappa shape index (κ2) is 10.5. The van der Waals surface area contributed by atoms with Crippen molar-refractivity contribution in [2.45, 2.75) is 88.4 Å². The Labute approximate surface area is 274 Å². The third-order valence-corrected chi connectivity index (χ3v) is 11.2. The highest BCUT2D eigenvalue weighted by Crippen LogP contribution is 2.50. The second-order valence-electron chi connectivity index (χ2n) is 14.8. The first-order valence-corrected chi connectivity index (χ1v) is 16.9. The van der Waals surface area contributed by atoms with Crippen molar-refractivity contribution < 1.29 is 31.8 Å². The molecular weight excluding hydrogens is 632 g/mol. The van der Waals surface area contributed by atoms with Gasteiger partial charge in [0.25, 0.3) is 0 Å². The SMILES string of the molecule is Cc1nc(N)cc(-c2nc3c4c(nc(OCC5(CN6CC7(CCCO7)C6)CC5)nc4c2F)N2C[C@H]4CC[C@H](N4)[C@H]2[C@H](C)O3)c1C(F)(F)F. The van der Waals surface area contributed by atoms with E-state index in [0.717, 1.165) is 70.8 Å². The van der Waals surface area contributed by atoms with Crippen molar-refractivity contribution in [1.29, 1.82) is 0 Å². The minimum atomic E-state index is -4.85. The van der Waals surface area contributed by atoms with E-state index in [2.05, 4.69) is 30.1 Å². The number of aryl methyl sites for hydroxylation is 1. The van der Waals surface area contributed by atoms with Crippen molar-refractivity contribution in [2.75, 3.05) is 50.0 Å². The zero-order valence-corrected chi connectivity index (χ0v) is 26.9. The Hall–Kier alpha value is -3.56. The quantitative estimate of drug-likeness (QED) is 0.366. The lowest BCUT2D eigenvalue weighted by Crippen LogP contribution is -2.62. The zero-order valence-electron chi connectivity index (χ0n) is 26.9. The van der Waals surface area contributed by atoms with Crippen molar-refractivity contribution in [3.63, 3.8) is 0 Å². The number of ether oxygens (including phenoxy) is 3. The minimum Gasteiger partial charge on any atom is -0.472 e. The summed E-state index contributed by atoms with van der Waals surface area (Å²) in [6, 6.07) is 1.10. The van der Waals surface area contributed by atoms with Gasteiger partial charge < -0.3 is 30.2 Å². The standard InChI is InChI=1S/C33H38F4N8O3/c1-16-23(33(35,36)37)19(10-21(38)39-16)25-24(34)26-22-28(45-11-18-4-5-20(40-18)27(45)17(2)48-29(22)41-25)43-30(42-26)46-15-31(7-8-31)12-44-13-32(14-44)6-3-9-47-32/h10,17-18,20,27,40H,3-9,11-15H2,1-2H3,(H2,38,39)/t17-,18+,20-,27+/m0/s1. The maximum absolute atomic E-state index is 16.8. The Kier molecular flexibility index (Phi) is 6.65. The molecule has 5 fully saturated rings.